The minimum Gasteiger partial charge on any atom is -0.492 e. The maximum atomic E-state index is 13.5. The van der Waals surface area contributed by atoms with E-state index in [0.717, 1.165) is 11.1 Å². The van der Waals surface area contributed by atoms with Gasteiger partial charge in [0, 0.05) is 25.6 Å². The first kappa shape index (κ1) is 29.1. The zero-order chi connectivity index (χ0) is 27.8. The Morgan fingerprint density at radius 3 is 2.29 bits per heavy atom. The summed E-state index contributed by atoms with van der Waals surface area (Å²) in [6.07, 6.45) is -0.922. The minimum atomic E-state index is -1.18. The fourth-order valence-corrected chi connectivity index (χ4v) is 4.74. The van der Waals surface area contributed by atoms with Crippen molar-refractivity contribution in [3.05, 3.63) is 65.7 Å². The van der Waals surface area contributed by atoms with Crippen molar-refractivity contribution < 1.29 is 24.2 Å². The molecule has 9 heteroatoms. The number of aliphatic hydroxyl groups is 1. The summed E-state index contributed by atoms with van der Waals surface area (Å²) in [7, 11) is 1.50. The Bertz CT molecular complexity index is 1090. The maximum Gasteiger partial charge on any atom is 0.246 e. The van der Waals surface area contributed by atoms with Gasteiger partial charge in [0.15, 0.2) is 0 Å². The van der Waals surface area contributed by atoms with Gasteiger partial charge in [-0.1, -0.05) is 62.4 Å². The van der Waals surface area contributed by atoms with Crippen LogP contribution in [0.25, 0.3) is 0 Å². The predicted octanol–water partition coefficient (Wildman–Crippen LogP) is 1.81. The minimum absolute atomic E-state index is 0.0783. The molecule has 4 N–H and O–H groups in total. The van der Waals surface area contributed by atoms with Crippen molar-refractivity contribution in [1.29, 1.82) is 0 Å². The van der Waals surface area contributed by atoms with Crippen LogP contribution in [0.1, 0.15) is 44.9 Å². The van der Waals surface area contributed by atoms with Crippen molar-refractivity contribution in [2.45, 2.75) is 64.4 Å². The van der Waals surface area contributed by atoms with Gasteiger partial charge in [-0.2, -0.15) is 0 Å². The second-order valence-electron chi connectivity index (χ2n) is 10.2. The summed E-state index contributed by atoms with van der Waals surface area (Å²) in [5.41, 5.74) is 1.66. The Labute approximate surface area is 224 Å². The third-order valence-electron chi connectivity index (χ3n) is 6.81. The molecule has 0 saturated heterocycles. The van der Waals surface area contributed by atoms with Crippen LogP contribution < -0.4 is 20.7 Å². The summed E-state index contributed by atoms with van der Waals surface area (Å²) in [4.78, 5) is 41.8. The van der Waals surface area contributed by atoms with Crippen LogP contribution in [-0.4, -0.2) is 72.2 Å². The molecule has 3 rings (SSSR count). The Morgan fingerprint density at radius 1 is 0.974 bits per heavy atom. The molecule has 5 atom stereocenters. The average Bonchev–Trinajstić information content (AvgIpc) is 2.87. The Hall–Kier alpha value is -3.43. The van der Waals surface area contributed by atoms with Crippen molar-refractivity contribution >= 4 is 17.7 Å². The monoisotopic (exact) mass is 524 g/mol. The summed E-state index contributed by atoms with van der Waals surface area (Å²) in [5.74, 6) is -0.747. The highest BCUT2D eigenvalue weighted by Gasteiger charge is 2.37. The molecule has 38 heavy (non-hydrogen) atoms. The second-order valence-corrected chi connectivity index (χ2v) is 10.2. The number of nitrogens with one attached hydrogen (secondary N) is 3. The van der Waals surface area contributed by atoms with Crippen LogP contribution in [-0.2, 0) is 20.8 Å². The van der Waals surface area contributed by atoms with Crippen molar-refractivity contribution in [3.63, 3.8) is 0 Å². The summed E-state index contributed by atoms with van der Waals surface area (Å²) in [5, 5.41) is 19.6. The molecule has 0 spiro atoms. The van der Waals surface area contributed by atoms with E-state index in [1.54, 1.807) is 0 Å². The molecular weight excluding hydrogens is 484 g/mol. The summed E-state index contributed by atoms with van der Waals surface area (Å²) in [6.45, 7) is 7.84. The predicted molar refractivity (Wildman–Crippen MR) is 145 cm³/mol. The standard InChI is InChI=1S/C29H40N4O5/c1-18(2)25-29(37)33(5)26(20(4)34)28(36)32-23(17-21-11-7-6-8-12-21)27(35)31-19(3)22-13-9-10-14-24(22)38-16-15-30-25/h6-14,18-20,23,25-26,30,34H,15-17H2,1-5H3,(H,31,35)(H,32,36)/t19-,20?,23-,25+,26+/m1/s1. The van der Waals surface area contributed by atoms with Gasteiger partial charge in [0.2, 0.25) is 17.7 Å². The van der Waals surface area contributed by atoms with E-state index in [-0.39, 0.29) is 24.2 Å². The molecule has 2 aromatic carbocycles. The lowest BCUT2D eigenvalue weighted by atomic mass is 10.00. The largest absolute Gasteiger partial charge is 0.492 e. The fraction of sp³-hybridized carbons (Fsp3) is 0.483. The summed E-state index contributed by atoms with van der Waals surface area (Å²) in [6, 6.07) is 13.7. The number of nitrogens with zero attached hydrogens (tertiary/aromatic N) is 1. The number of benzene rings is 2. The first-order valence-electron chi connectivity index (χ1n) is 13.1. The van der Waals surface area contributed by atoms with E-state index in [1.807, 2.05) is 75.4 Å². The molecule has 2 aromatic rings. The lowest BCUT2D eigenvalue weighted by Crippen LogP contribution is -2.61. The molecule has 1 heterocycles. The normalized spacial score (nSPS) is 24.7. The van der Waals surface area contributed by atoms with Crippen molar-refractivity contribution in [3.8, 4) is 5.75 Å². The van der Waals surface area contributed by atoms with Crippen LogP contribution in [0.2, 0.25) is 0 Å². The van der Waals surface area contributed by atoms with E-state index in [9.17, 15) is 19.5 Å². The molecular formula is C29H40N4O5. The molecule has 0 radical (unpaired) electrons. The van der Waals surface area contributed by atoms with Crippen LogP contribution in [0.5, 0.6) is 5.75 Å². The van der Waals surface area contributed by atoms with Gasteiger partial charge >= 0.3 is 0 Å². The molecule has 206 valence electrons. The highest BCUT2D eigenvalue weighted by molar-refractivity contribution is 5.93. The van der Waals surface area contributed by atoms with Crippen molar-refractivity contribution in [1.82, 2.24) is 20.9 Å². The number of hydrogen-bond donors (Lipinski definition) is 4. The zero-order valence-electron chi connectivity index (χ0n) is 22.8. The van der Waals surface area contributed by atoms with Crippen LogP contribution in [0.15, 0.2) is 54.6 Å². The van der Waals surface area contributed by atoms with Crippen molar-refractivity contribution in [2.24, 2.45) is 5.92 Å². The second kappa shape index (κ2) is 13.4. The number of hydrogen-bond acceptors (Lipinski definition) is 6. The molecule has 0 saturated carbocycles. The third kappa shape index (κ3) is 7.33. The number of para-hydroxylation sites is 1. The van der Waals surface area contributed by atoms with Gasteiger partial charge in [0.05, 0.1) is 18.2 Å². The maximum absolute atomic E-state index is 13.5. The fourth-order valence-electron chi connectivity index (χ4n) is 4.74. The van der Waals surface area contributed by atoms with E-state index >= 15 is 0 Å². The third-order valence-corrected chi connectivity index (χ3v) is 6.81. The van der Waals surface area contributed by atoms with E-state index in [2.05, 4.69) is 16.0 Å². The van der Waals surface area contributed by atoms with Gasteiger partial charge in [-0.3, -0.25) is 14.4 Å². The van der Waals surface area contributed by atoms with Gasteiger partial charge in [0.1, 0.15) is 24.4 Å². The number of carbonyl (C=O) groups excluding carboxylic acids is 3. The molecule has 3 amide bonds. The highest BCUT2D eigenvalue weighted by atomic mass is 16.5. The smallest absolute Gasteiger partial charge is 0.246 e. The average molecular weight is 525 g/mol. The quantitative estimate of drug-likeness (QED) is 0.484. The number of amides is 3. The molecule has 1 aliphatic heterocycles. The molecule has 1 unspecified atom stereocenters. The van der Waals surface area contributed by atoms with Gasteiger partial charge < -0.3 is 30.7 Å². The van der Waals surface area contributed by atoms with Crippen LogP contribution in [0.4, 0.5) is 0 Å². The molecule has 0 aliphatic carbocycles. The van der Waals surface area contributed by atoms with E-state index in [0.29, 0.717) is 18.9 Å². The lowest BCUT2D eigenvalue weighted by Gasteiger charge is -2.34. The van der Waals surface area contributed by atoms with E-state index < -0.39 is 36.2 Å². The summed E-state index contributed by atoms with van der Waals surface area (Å²) >= 11 is 0. The van der Waals surface area contributed by atoms with E-state index in [4.69, 9.17) is 4.74 Å². The first-order chi connectivity index (χ1) is 18.1. The molecule has 0 bridgehead atoms. The molecule has 1 aliphatic rings. The Balaban J connectivity index is 2.00. The summed E-state index contributed by atoms with van der Waals surface area (Å²) < 4.78 is 6.03. The molecule has 0 fully saturated rings. The highest BCUT2D eigenvalue weighted by Crippen LogP contribution is 2.25. The van der Waals surface area contributed by atoms with Crippen LogP contribution in [0, 0.1) is 5.92 Å². The number of likely N-dealkylation sites (N-methyl/N-ethyl adjacent to an activating group) is 1. The van der Waals surface area contributed by atoms with Gasteiger partial charge in [-0.05, 0) is 31.4 Å². The van der Waals surface area contributed by atoms with Crippen molar-refractivity contribution in [2.75, 3.05) is 20.2 Å². The Morgan fingerprint density at radius 2 is 1.63 bits per heavy atom. The first-order valence-corrected chi connectivity index (χ1v) is 13.1. The number of carbonyl (C=O) groups is 3. The number of aliphatic hydroxyl groups excluding tert-OH is 1. The van der Waals surface area contributed by atoms with Crippen LogP contribution >= 0.6 is 0 Å². The topological polar surface area (TPSA) is 120 Å². The van der Waals surface area contributed by atoms with Crippen LogP contribution in [0.3, 0.4) is 0 Å². The zero-order valence-corrected chi connectivity index (χ0v) is 22.8. The molecule has 0 aromatic heterocycles. The van der Waals surface area contributed by atoms with Gasteiger partial charge in [-0.15, -0.1) is 0 Å². The lowest BCUT2D eigenvalue weighted by molar-refractivity contribution is -0.145. The molecule has 9 nitrogen and oxygen atoms in total. The number of ether oxygens (including phenoxy) is 1. The SMILES string of the molecule is CC(C)[C@@H]1NCCOc2ccccc2[C@@H](C)NC(=O)[C@@H](Cc2ccccc2)NC(=O)[C@H](C(C)O)N(C)C1=O. The van der Waals surface area contributed by atoms with E-state index in [1.165, 1.54) is 18.9 Å². The Kier molecular flexibility index (Phi) is 10.3. The van der Waals surface area contributed by atoms with Gasteiger partial charge in [0.25, 0.3) is 0 Å². The number of fused-ring (bicyclic) bond motifs is 1. The number of rotatable bonds is 4. The van der Waals surface area contributed by atoms with Gasteiger partial charge in [-0.25, -0.2) is 0 Å².